The normalized spacial score (nSPS) is 17.3. The number of aliphatic hydroxyl groups is 1. The third-order valence-electron chi connectivity index (χ3n) is 7.53. The van der Waals surface area contributed by atoms with Crippen LogP contribution in [0.25, 0.3) is 22.2 Å². The molecule has 0 amide bonds. The lowest BCUT2D eigenvalue weighted by Crippen LogP contribution is -2.06. The molecule has 1 aliphatic heterocycles. The summed E-state index contributed by atoms with van der Waals surface area (Å²) in [5.74, 6) is 0.804. The summed E-state index contributed by atoms with van der Waals surface area (Å²) in [6.45, 7) is 0.473. The van der Waals surface area contributed by atoms with E-state index in [-0.39, 0.29) is 5.97 Å². The summed E-state index contributed by atoms with van der Waals surface area (Å²) in [5.41, 5.74) is 6.72. The number of benzene rings is 3. The van der Waals surface area contributed by atoms with E-state index in [1.807, 2.05) is 65.2 Å². The zero-order valence-electron chi connectivity index (χ0n) is 19.9. The van der Waals surface area contributed by atoms with Crippen LogP contribution in [-0.2, 0) is 11.3 Å². The topological polar surface area (TPSA) is 60.7 Å². The van der Waals surface area contributed by atoms with Gasteiger partial charge in [-0.25, -0.2) is 4.79 Å². The number of hydrogen-bond acceptors (Lipinski definition) is 4. The van der Waals surface area contributed by atoms with Gasteiger partial charge in [-0.1, -0.05) is 55.7 Å². The molecule has 1 unspecified atom stereocenters. The summed E-state index contributed by atoms with van der Waals surface area (Å²) in [7, 11) is 1.39. The van der Waals surface area contributed by atoms with Crippen LogP contribution in [-0.4, -0.2) is 22.8 Å². The maximum absolute atomic E-state index is 12.3. The standard InChI is InChI=1S/C30H29NO4/c1-34-30(33)21-12-14-24-26(16-21)31-28(27(24)20-10-6-3-7-11-20)23-15-13-22(17-25(23)29(31)32)35-18-19-8-4-2-5-9-19/h2,4-5,8-9,12-17,20,29,32H,3,6-7,10-11,18H2,1H3. The van der Waals surface area contributed by atoms with Gasteiger partial charge in [-0.2, -0.15) is 0 Å². The Balaban J connectivity index is 1.45. The van der Waals surface area contributed by atoms with E-state index < -0.39 is 6.23 Å². The van der Waals surface area contributed by atoms with Crippen LogP contribution in [0.1, 0.15) is 71.3 Å². The molecule has 0 radical (unpaired) electrons. The van der Waals surface area contributed by atoms with E-state index in [9.17, 15) is 9.90 Å². The number of carbonyl (C=O) groups is 1. The number of aromatic nitrogens is 1. The summed E-state index contributed by atoms with van der Waals surface area (Å²) in [4.78, 5) is 12.3. The lowest BCUT2D eigenvalue weighted by atomic mass is 9.81. The van der Waals surface area contributed by atoms with Crippen LogP contribution in [0, 0.1) is 0 Å². The van der Waals surface area contributed by atoms with Crippen LogP contribution in [0.4, 0.5) is 0 Å². The zero-order valence-corrected chi connectivity index (χ0v) is 19.9. The second kappa shape index (κ2) is 8.90. The van der Waals surface area contributed by atoms with Crippen molar-refractivity contribution in [1.29, 1.82) is 0 Å². The molecule has 4 aromatic rings. The molecule has 0 bridgehead atoms. The first-order chi connectivity index (χ1) is 17.2. The van der Waals surface area contributed by atoms with Gasteiger partial charge in [-0.15, -0.1) is 0 Å². The van der Waals surface area contributed by atoms with Crippen LogP contribution < -0.4 is 4.74 Å². The Morgan fingerprint density at radius 2 is 1.80 bits per heavy atom. The van der Waals surface area contributed by atoms with Gasteiger partial charge in [0, 0.05) is 16.5 Å². The Morgan fingerprint density at radius 1 is 1.00 bits per heavy atom. The number of methoxy groups -OCH3 is 1. The van der Waals surface area contributed by atoms with Crippen LogP contribution in [0.2, 0.25) is 0 Å². The van der Waals surface area contributed by atoms with Gasteiger partial charge < -0.3 is 19.1 Å². The summed E-state index contributed by atoms with van der Waals surface area (Å²) in [5, 5.41) is 12.6. The molecule has 1 fully saturated rings. The predicted molar refractivity (Wildman–Crippen MR) is 136 cm³/mol. The number of fused-ring (bicyclic) bond motifs is 5. The van der Waals surface area contributed by atoms with Crippen LogP contribution >= 0.6 is 0 Å². The minimum absolute atomic E-state index is 0.372. The summed E-state index contributed by atoms with van der Waals surface area (Å²) in [6, 6.07) is 21.8. The summed E-state index contributed by atoms with van der Waals surface area (Å²) >= 11 is 0. The van der Waals surface area contributed by atoms with E-state index in [1.54, 1.807) is 0 Å². The fraction of sp³-hybridized carbons (Fsp3) is 0.300. The molecular formula is C30H29NO4. The third-order valence-corrected chi connectivity index (χ3v) is 7.53. The number of carbonyl (C=O) groups excluding carboxylic acids is 1. The summed E-state index contributed by atoms with van der Waals surface area (Å²) < 4.78 is 13.0. The first-order valence-corrected chi connectivity index (χ1v) is 12.4. The van der Waals surface area contributed by atoms with Gasteiger partial charge in [-0.3, -0.25) is 0 Å². The molecule has 35 heavy (non-hydrogen) atoms. The monoisotopic (exact) mass is 467 g/mol. The maximum atomic E-state index is 12.3. The van der Waals surface area contributed by atoms with Gasteiger partial charge in [-0.05, 0) is 60.2 Å². The van der Waals surface area contributed by atoms with Crippen molar-refractivity contribution in [3.8, 4) is 17.0 Å². The van der Waals surface area contributed by atoms with Crippen molar-refractivity contribution in [3.63, 3.8) is 0 Å². The molecule has 1 aromatic heterocycles. The molecule has 5 heteroatoms. The Labute approximate surface area is 204 Å². The fourth-order valence-electron chi connectivity index (χ4n) is 5.85. The third kappa shape index (κ3) is 3.71. The number of rotatable bonds is 5. The van der Waals surface area contributed by atoms with Crippen molar-refractivity contribution < 1.29 is 19.4 Å². The maximum Gasteiger partial charge on any atom is 0.337 e. The minimum atomic E-state index is -0.840. The molecule has 3 aromatic carbocycles. The molecule has 178 valence electrons. The number of aliphatic hydroxyl groups excluding tert-OH is 1. The van der Waals surface area contributed by atoms with Crippen LogP contribution in [0.5, 0.6) is 5.75 Å². The largest absolute Gasteiger partial charge is 0.489 e. The smallest absolute Gasteiger partial charge is 0.337 e. The highest BCUT2D eigenvalue weighted by molar-refractivity contribution is 6.00. The Bertz CT molecular complexity index is 1400. The average Bonchev–Trinajstić information content (AvgIpc) is 3.40. The molecule has 0 saturated heterocycles. The van der Waals surface area contributed by atoms with Crippen molar-refractivity contribution in [2.24, 2.45) is 0 Å². The molecule has 1 atom stereocenters. The first kappa shape index (κ1) is 21.9. The van der Waals surface area contributed by atoms with Crippen molar-refractivity contribution in [2.45, 2.75) is 50.9 Å². The second-order valence-corrected chi connectivity index (χ2v) is 9.59. The lowest BCUT2D eigenvalue weighted by Gasteiger charge is -2.23. The highest BCUT2D eigenvalue weighted by Gasteiger charge is 2.35. The van der Waals surface area contributed by atoms with Crippen molar-refractivity contribution in [1.82, 2.24) is 4.57 Å². The second-order valence-electron chi connectivity index (χ2n) is 9.59. The number of esters is 1. The SMILES string of the molecule is COC(=O)c1ccc2c(C3CCCCC3)c3n(c2c1)C(O)c1cc(OCc2ccccc2)ccc1-3. The Hall–Kier alpha value is -3.57. The van der Waals surface area contributed by atoms with Gasteiger partial charge in [0.15, 0.2) is 6.23 Å². The molecule has 1 saturated carbocycles. The van der Waals surface area contributed by atoms with Gasteiger partial charge in [0.05, 0.1) is 23.9 Å². The molecule has 2 heterocycles. The predicted octanol–water partition coefficient (Wildman–Crippen LogP) is 6.57. The Kier molecular flexibility index (Phi) is 5.57. The van der Waals surface area contributed by atoms with E-state index >= 15 is 0 Å². The molecule has 1 aliphatic carbocycles. The van der Waals surface area contributed by atoms with E-state index in [1.165, 1.54) is 31.9 Å². The zero-order chi connectivity index (χ0) is 23.9. The van der Waals surface area contributed by atoms with Gasteiger partial charge in [0.1, 0.15) is 12.4 Å². The van der Waals surface area contributed by atoms with Crippen molar-refractivity contribution >= 4 is 16.9 Å². The molecule has 0 spiro atoms. The summed E-state index contributed by atoms with van der Waals surface area (Å²) in [6.07, 6.45) is 5.17. The Morgan fingerprint density at radius 3 is 2.57 bits per heavy atom. The molecule has 2 aliphatic rings. The molecule has 1 N–H and O–H groups in total. The fourth-order valence-corrected chi connectivity index (χ4v) is 5.85. The molecule has 6 rings (SSSR count). The highest BCUT2D eigenvalue weighted by Crippen LogP contribution is 2.51. The lowest BCUT2D eigenvalue weighted by molar-refractivity contribution is 0.0600. The van der Waals surface area contributed by atoms with Crippen LogP contribution in [0.15, 0.2) is 66.7 Å². The first-order valence-electron chi connectivity index (χ1n) is 12.4. The van der Waals surface area contributed by atoms with Crippen molar-refractivity contribution in [2.75, 3.05) is 7.11 Å². The van der Waals surface area contributed by atoms with E-state index in [0.717, 1.165) is 51.9 Å². The highest BCUT2D eigenvalue weighted by atomic mass is 16.5. The van der Waals surface area contributed by atoms with Gasteiger partial charge in [0.25, 0.3) is 0 Å². The molecule has 5 nitrogen and oxygen atoms in total. The number of ether oxygens (including phenoxy) is 2. The number of nitrogens with zero attached hydrogens (tertiary/aromatic N) is 1. The van der Waals surface area contributed by atoms with Gasteiger partial charge >= 0.3 is 5.97 Å². The minimum Gasteiger partial charge on any atom is -0.489 e. The van der Waals surface area contributed by atoms with Crippen molar-refractivity contribution in [3.05, 3.63) is 89.0 Å². The van der Waals surface area contributed by atoms with Gasteiger partial charge in [0.2, 0.25) is 0 Å². The van der Waals surface area contributed by atoms with Crippen LogP contribution in [0.3, 0.4) is 0 Å². The van der Waals surface area contributed by atoms with E-state index in [4.69, 9.17) is 9.47 Å². The molecular weight excluding hydrogens is 438 g/mol. The van der Waals surface area contributed by atoms with E-state index in [0.29, 0.717) is 18.1 Å². The quantitative estimate of drug-likeness (QED) is 0.337. The average molecular weight is 468 g/mol. The van der Waals surface area contributed by atoms with E-state index in [2.05, 4.69) is 6.07 Å². The number of hydrogen-bond donors (Lipinski definition) is 1.